The van der Waals surface area contributed by atoms with E-state index in [-0.39, 0.29) is 6.79 Å². The van der Waals surface area contributed by atoms with E-state index in [4.69, 9.17) is 19.2 Å². The summed E-state index contributed by atoms with van der Waals surface area (Å²) in [5.41, 5.74) is 4.35. The van der Waals surface area contributed by atoms with Crippen LogP contribution in [0.2, 0.25) is 0 Å². The Balaban J connectivity index is 1.26. The van der Waals surface area contributed by atoms with Crippen LogP contribution in [0.4, 0.5) is 0 Å². The minimum Gasteiger partial charge on any atom is -0.486 e. The first-order chi connectivity index (χ1) is 16.6. The summed E-state index contributed by atoms with van der Waals surface area (Å²) in [4.78, 5) is 4.79. The molecule has 7 nitrogen and oxygen atoms in total. The van der Waals surface area contributed by atoms with Gasteiger partial charge in [-0.15, -0.1) is 28.1 Å². The smallest absolute Gasteiger partial charge is 0.231 e. The van der Waals surface area contributed by atoms with Gasteiger partial charge in [-0.2, -0.15) is 0 Å². The van der Waals surface area contributed by atoms with E-state index in [9.17, 15) is 0 Å². The van der Waals surface area contributed by atoms with Crippen molar-refractivity contribution in [1.82, 2.24) is 19.7 Å². The van der Waals surface area contributed by atoms with Gasteiger partial charge < -0.3 is 14.2 Å². The average Bonchev–Trinajstić information content (AvgIpc) is 3.55. The topological polar surface area (TPSA) is 71.3 Å². The Kier molecular flexibility index (Phi) is 6.55. The maximum Gasteiger partial charge on any atom is 0.231 e. The van der Waals surface area contributed by atoms with Gasteiger partial charge >= 0.3 is 0 Å². The standard InChI is InChI=1S/C25H24N4O3S2/c1-4-7-29-23(12-30-20-9-16(2)8-17(3)10-20)27-28-25(29)34-14-19-13-33-24(26-19)18-5-6-21-22(11-18)32-15-31-21/h4-6,8-11,13H,1,7,12,14-15H2,2-3H3. The summed E-state index contributed by atoms with van der Waals surface area (Å²) < 4.78 is 18.9. The molecule has 34 heavy (non-hydrogen) atoms. The monoisotopic (exact) mass is 492 g/mol. The molecule has 0 N–H and O–H groups in total. The molecule has 0 saturated carbocycles. The van der Waals surface area contributed by atoms with Gasteiger partial charge in [0.25, 0.3) is 0 Å². The van der Waals surface area contributed by atoms with Crippen LogP contribution in [-0.2, 0) is 18.9 Å². The third-order valence-electron chi connectivity index (χ3n) is 5.19. The molecule has 1 aliphatic heterocycles. The first kappa shape index (κ1) is 22.5. The van der Waals surface area contributed by atoms with E-state index in [2.05, 4.69) is 42.1 Å². The maximum atomic E-state index is 6.00. The van der Waals surface area contributed by atoms with Crippen LogP contribution < -0.4 is 14.2 Å². The second-order valence-corrected chi connectivity index (χ2v) is 9.71. The van der Waals surface area contributed by atoms with Gasteiger partial charge in [0, 0.05) is 23.2 Å². The maximum absolute atomic E-state index is 6.00. The number of hydrogen-bond donors (Lipinski definition) is 0. The van der Waals surface area contributed by atoms with Gasteiger partial charge in [0.1, 0.15) is 17.4 Å². The molecule has 0 saturated heterocycles. The molecule has 0 spiro atoms. The van der Waals surface area contributed by atoms with Gasteiger partial charge in [0.2, 0.25) is 6.79 Å². The summed E-state index contributed by atoms with van der Waals surface area (Å²) in [6, 6.07) is 12.1. The zero-order valence-corrected chi connectivity index (χ0v) is 20.6. The zero-order chi connectivity index (χ0) is 23.5. The summed E-state index contributed by atoms with van der Waals surface area (Å²) >= 11 is 3.21. The second kappa shape index (κ2) is 9.90. The van der Waals surface area contributed by atoms with E-state index in [0.29, 0.717) is 18.9 Å². The number of nitrogens with zero attached hydrogens (tertiary/aromatic N) is 4. The number of thiazole rings is 1. The normalized spacial score (nSPS) is 12.2. The lowest BCUT2D eigenvalue weighted by atomic mass is 10.1. The van der Waals surface area contributed by atoms with E-state index in [0.717, 1.165) is 44.5 Å². The number of hydrogen-bond acceptors (Lipinski definition) is 8. The number of aromatic nitrogens is 4. The zero-order valence-electron chi connectivity index (χ0n) is 19.0. The van der Waals surface area contributed by atoms with E-state index < -0.39 is 0 Å². The van der Waals surface area contributed by atoms with Crippen LogP contribution in [-0.4, -0.2) is 26.5 Å². The minimum atomic E-state index is 0.265. The molecule has 0 aliphatic carbocycles. The Morgan fingerprint density at radius 2 is 1.94 bits per heavy atom. The van der Waals surface area contributed by atoms with Crippen LogP contribution in [0.15, 0.2) is 59.6 Å². The quantitative estimate of drug-likeness (QED) is 0.216. The SMILES string of the molecule is C=CCn1c(COc2cc(C)cc(C)c2)nnc1SCc1csc(-c2ccc3c(c2)OCO3)n1. The van der Waals surface area contributed by atoms with Crippen LogP contribution in [0.5, 0.6) is 17.2 Å². The lowest BCUT2D eigenvalue weighted by Gasteiger charge is -2.10. The van der Waals surface area contributed by atoms with Gasteiger partial charge in [0.15, 0.2) is 22.5 Å². The van der Waals surface area contributed by atoms with Crippen molar-refractivity contribution in [3.63, 3.8) is 0 Å². The molecule has 0 bridgehead atoms. The molecular weight excluding hydrogens is 468 g/mol. The van der Waals surface area contributed by atoms with Gasteiger partial charge in [-0.05, 0) is 55.3 Å². The molecule has 0 amide bonds. The van der Waals surface area contributed by atoms with Crippen molar-refractivity contribution in [3.8, 4) is 27.8 Å². The van der Waals surface area contributed by atoms with Crippen molar-refractivity contribution < 1.29 is 14.2 Å². The molecular formula is C25H24N4O3S2. The highest BCUT2D eigenvalue weighted by molar-refractivity contribution is 7.98. The van der Waals surface area contributed by atoms with Crippen LogP contribution in [0.25, 0.3) is 10.6 Å². The summed E-state index contributed by atoms with van der Waals surface area (Å²) in [6.45, 7) is 9.22. The lowest BCUT2D eigenvalue weighted by molar-refractivity contribution is 0.174. The Morgan fingerprint density at radius 3 is 2.76 bits per heavy atom. The van der Waals surface area contributed by atoms with Crippen LogP contribution in [0.3, 0.4) is 0 Å². The molecule has 1 aliphatic rings. The van der Waals surface area contributed by atoms with E-state index in [1.165, 1.54) is 11.1 Å². The Hall–Kier alpha value is -3.30. The van der Waals surface area contributed by atoms with E-state index in [1.54, 1.807) is 23.1 Å². The number of benzene rings is 2. The number of fused-ring (bicyclic) bond motifs is 1. The van der Waals surface area contributed by atoms with Crippen molar-refractivity contribution >= 4 is 23.1 Å². The molecule has 4 aromatic rings. The molecule has 3 heterocycles. The van der Waals surface area contributed by atoms with Crippen molar-refractivity contribution in [2.75, 3.05) is 6.79 Å². The fourth-order valence-electron chi connectivity index (χ4n) is 3.68. The molecule has 174 valence electrons. The second-order valence-electron chi connectivity index (χ2n) is 7.91. The van der Waals surface area contributed by atoms with Crippen LogP contribution in [0.1, 0.15) is 22.6 Å². The number of thioether (sulfide) groups is 1. The largest absolute Gasteiger partial charge is 0.486 e. The van der Waals surface area contributed by atoms with Crippen LogP contribution in [0, 0.1) is 13.8 Å². The summed E-state index contributed by atoms with van der Waals surface area (Å²) in [5.74, 6) is 3.82. The highest BCUT2D eigenvalue weighted by atomic mass is 32.2. The summed E-state index contributed by atoms with van der Waals surface area (Å²) in [6.07, 6.45) is 1.84. The number of rotatable bonds is 9. The van der Waals surface area contributed by atoms with E-state index >= 15 is 0 Å². The molecule has 9 heteroatoms. The molecule has 2 aromatic carbocycles. The molecule has 0 unspecified atom stereocenters. The lowest BCUT2D eigenvalue weighted by Crippen LogP contribution is -2.07. The number of allylic oxidation sites excluding steroid dienone is 1. The van der Waals surface area contributed by atoms with Crippen molar-refractivity contribution in [3.05, 3.63) is 77.1 Å². The molecule has 0 radical (unpaired) electrons. The minimum absolute atomic E-state index is 0.265. The first-order valence-corrected chi connectivity index (χ1v) is 12.7. The van der Waals surface area contributed by atoms with Crippen LogP contribution >= 0.6 is 23.1 Å². The predicted molar refractivity (Wildman–Crippen MR) is 134 cm³/mol. The Morgan fingerprint density at radius 1 is 1.12 bits per heavy atom. The van der Waals surface area contributed by atoms with Crippen molar-refractivity contribution in [2.24, 2.45) is 0 Å². The summed E-state index contributed by atoms with van der Waals surface area (Å²) in [7, 11) is 0. The molecule has 5 rings (SSSR count). The number of ether oxygens (including phenoxy) is 3. The average molecular weight is 493 g/mol. The van der Waals surface area contributed by atoms with Crippen molar-refractivity contribution in [2.45, 2.75) is 37.9 Å². The van der Waals surface area contributed by atoms with Gasteiger partial charge in [0.05, 0.1) is 5.69 Å². The number of aryl methyl sites for hydroxylation is 2. The Labute approximate surface area is 206 Å². The molecule has 0 atom stereocenters. The predicted octanol–water partition coefficient (Wildman–Crippen LogP) is 5.80. The fourth-order valence-corrected chi connectivity index (χ4v) is 5.46. The summed E-state index contributed by atoms with van der Waals surface area (Å²) in [5, 5.41) is 12.6. The third kappa shape index (κ3) is 4.95. The highest BCUT2D eigenvalue weighted by Gasteiger charge is 2.17. The van der Waals surface area contributed by atoms with Crippen molar-refractivity contribution in [1.29, 1.82) is 0 Å². The van der Waals surface area contributed by atoms with E-state index in [1.807, 2.05) is 41.0 Å². The van der Waals surface area contributed by atoms with Gasteiger partial charge in [-0.1, -0.05) is 23.9 Å². The Bertz CT molecular complexity index is 1310. The molecule has 2 aromatic heterocycles. The first-order valence-electron chi connectivity index (χ1n) is 10.8. The molecule has 0 fully saturated rings. The highest BCUT2D eigenvalue weighted by Crippen LogP contribution is 2.37. The van der Waals surface area contributed by atoms with Gasteiger partial charge in [-0.25, -0.2) is 4.98 Å². The fraction of sp³-hybridized carbons (Fsp3) is 0.240. The third-order valence-corrected chi connectivity index (χ3v) is 7.13. The van der Waals surface area contributed by atoms with Gasteiger partial charge in [-0.3, -0.25) is 4.57 Å².